The van der Waals surface area contributed by atoms with Gasteiger partial charge in [0.1, 0.15) is 17.0 Å². The first kappa shape index (κ1) is 27.6. The number of aromatic nitrogens is 3. The molecular formula is C34H37N5O3. The lowest BCUT2D eigenvalue weighted by molar-refractivity contribution is -0.128. The van der Waals surface area contributed by atoms with Gasteiger partial charge in [0, 0.05) is 34.4 Å². The zero-order valence-corrected chi connectivity index (χ0v) is 24.1. The van der Waals surface area contributed by atoms with E-state index >= 15 is 0 Å². The van der Waals surface area contributed by atoms with E-state index in [-0.39, 0.29) is 23.8 Å². The second-order valence-corrected chi connectivity index (χ2v) is 11.6. The minimum Gasteiger partial charge on any atom is -0.495 e. The summed E-state index contributed by atoms with van der Waals surface area (Å²) in [5.74, 6) is 0.346. The Bertz CT molecular complexity index is 1670. The fourth-order valence-electron chi connectivity index (χ4n) is 6.25. The van der Waals surface area contributed by atoms with Crippen molar-refractivity contribution >= 4 is 33.6 Å². The maximum Gasteiger partial charge on any atom is 0.268 e. The summed E-state index contributed by atoms with van der Waals surface area (Å²) >= 11 is 0. The van der Waals surface area contributed by atoms with Gasteiger partial charge in [0.2, 0.25) is 5.91 Å². The second kappa shape index (κ2) is 11.7. The van der Waals surface area contributed by atoms with E-state index in [1.165, 1.54) is 6.42 Å². The third-order valence-electron chi connectivity index (χ3n) is 8.61. The Balaban J connectivity index is 1.34. The number of fused-ring (bicyclic) bond motifs is 2. The SMILES string of the molecule is COc1ccc(C(NC(=O)[C@](C)(Cc2c[nH]c3ccccc23)NC(=O)c2cc3ccccc3[nH]2)C2CCCCC2)nc1. The highest BCUT2D eigenvalue weighted by molar-refractivity contribution is 6.01. The predicted molar refractivity (Wildman–Crippen MR) is 164 cm³/mol. The molecule has 0 radical (unpaired) electrons. The molecule has 8 heteroatoms. The zero-order valence-electron chi connectivity index (χ0n) is 24.1. The number of amides is 2. The van der Waals surface area contributed by atoms with Crippen LogP contribution in [0.4, 0.5) is 0 Å². The molecule has 2 atom stereocenters. The van der Waals surface area contributed by atoms with Crippen molar-refractivity contribution in [3.8, 4) is 5.75 Å². The largest absolute Gasteiger partial charge is 0.495 e. The Hall–Kier alpha value is -4.59. The highest BCUT2D eigenvalue weighted by Crippen LogP contribution is 2.35. The molecule has 0 aliphatic heterocycles. The standard InChI is InChI=1S/C34H37N5O3/c1-34(19-24-20-35-28-15-9-7-13-26(24)28,39-32(40)30-18-23-12-6-8-14-27(23)37-30)33(41)38-31(22-10-4-3-5-11-22)29-17-16-25(42-2)21-36-29/h6-9,12-18,20-22,31,35,37H,3-5,10-11,19H2,1-2H3,(H,38,41)(H,39,40)/t31?,34-/m0/s1. The zero-order chi connectivity index (χ0) is 29.1. The number of benzene rings is 2. The monoisotopic (exact) mass is 563 g/mol. The number of methoxy groups -OCH3 is 1. The van der Waals surface area contributed by atoms with Gasteiger partial charge in [0.25, 0.3) is 5.91 Å². The molecular weight excluding hydrogens is 526 g/mol. The molecule has 3 heterocycles. The average Bonchev–Trinajstić information content (AvgIpc) is 3.65. The van der Waals surface area contributed by atoms with Crippen molar-refractivity contribution in [3.63, 3.8) is 0 Å². The van der Waals surface area contributed by atoms with Gasteiger partial charge in [0.15, 0.2) is 0 Å². The van der Waals surface area contributed by atoms with Gasteiger partial charge in [-0.1, -0.05) is 55.7 Å². The van der Waals surface area contributed by atoms with Gasteiger partial charge in [-0.05, 0) is 61.6 Å². The van der Waals surface area contributed by atoms with E-state index in [0.29, 0.717) is 17.9 Å². The molecule has 3 aromatic heterocycles. The molecule has 1 unspecified atom stereocenters. The smallest absolute Gasteiger partial charge is 0.268 e. The second-order valence-electron chi connectivity index (χ2n) is 11.6. The third-order valence-corrected chi connectivity index (χ3v) is 8.61. The molecule has 2 amide bonds. The van der Waals surface area contributed by atoms with Crippen LogP contribution in [0.25, 0.3) is 21.8 Å². The minimum absolute atomic E-state index is 0.245. The Labute approximate surface area is 245 Å². The quantitative estimate of drug-likeness (QED) is 0.171. The predicted octanol–water partition coefficient (Wildman–Crippen LogP) is 6.22. The normalized spacial score (nSPS) is 16.1. The van der Waals surface area contributed by atoms with Gasteiger partial charge < -0.3 is 25.3 Å². The molecule has 1 aliphatic carbocycles. The minimum atomic E-state index is -1.25. The number of hydrogen-bond acceptors (Lipinski definition) is 4. The van der Waals surface area contributed by atoms with Gasteiger partial charge in [-0.2, -0.15) is 0 Å². The van der Waals surface area contributed by atoms with E-state index in [4.69, 9.17) is 4.74 Å². The summed E-state index contributed by atoms with van der Waals surface area (Å²) in [5, 5.41) is 8.43. The molecule has 1 fully saturated rings. The molecule has 2 aromatic carbocycles. The fourth-order valence-corrected chi connectivity index (χ4v) is 6.25. The molecule has 1 saturated carbocycles. The molecule has 6 rings (SSSR count). The maximum absolute atomic E-state index is 14.4. The van der Waals surface area contributed by atoms with Crippen LogP contribution >= 0.6 is 0 Å². The van der Waals surface area contributed by atoms with Gasteiger partial charge in [-0.15, -0.1) is 0 Å². The van der Waals surface area contributed by atoms with Crippen LogP contribution in [-0.4, -0.2) is 39.4 Å². The Morgan fingerprint density at radius 1 is 1.02 bits per heavy atom. The number of pyridine rings is 1. The summed E-state index contributed by atoms with van der Waals surface area (Å²) in [7, 11) is 1.61. The van der Waals surface area contributed by atoms with Gasteiger partial charge >= 0.3 is 0 Å². The summed E-state index contributed by atoms with van der Waals surface area (Å²) in [6.07, 6.45) is 9.40. The van der Waals surface area contributed by atoms with Crippen molar-refractivity contribution in [1.82, 2.24) is 25.6 Å². The van der Waals surface area contributed by atoms with Crippen LogP contribution < -0.4 is 15.4 Å². The summed E-state index contributed by atoms with van der Waals surface area (Å²) in [6, 6.07) is 21.1. The fraction of sp³-hybridized carbons (Fsp3) is 0.324. The first-order valence-electron chi connectivity index (χ1n) is 14.7. The van der Waals surface area contributed by atoms with E-state index in [9.17, 15) is 9.59 Å². The summed E-state index contributed by atoms with van der Waals surface area (Å²) in [6.45, 7) is 1.81. The van der Waals surface area contributed by atoms with Crippen molar-refractivity contribution in [2.75, 3.05) is 7.11 Å². The summed E-state index contributed by atoms with van der Waals surface area (Å²) < 4.78 is 5.33. The number of H-pyrrole nitrogens is 2. The lowest BCUT2D eigenvalue weighted by Crippen LogP contribution is -2.59. The molecule has 0 saturated heterocycles. The maximum atomic E-state index is 14.4. The molecule has 4 N–H and O–H groups in total. The van der Waals surface area contributed by atoms with Crippen molar-refractivity contribution in [3.05, 3.63) is 96.1 Å². The van der Waals surface area contributed by atoms with Gasteiger partial charge in [0.05, 0.1) is 25.0 Å². The molecule has 216 valence electrons. The molecule has 0 bridgehead atoms. The number of nitrogens with zero attached hydrogens (tertiary/aromatic N) is 1. The van der Waals surface area contributed by atoms with Crippen LogP contribution in [0.5, 0.6) is 5.75 Å². The van der Waals surface area contributed by atoms with Crippen LogP contribution in [0.3, 0.4) is 0 Å². The molecule has 42 heavy (non-hydrogen) atoms. The highest BCUT2D eigenvalue weighted by atomic mass is 16.5. The van der Waals surface area contributed by atoms with Crippen molar-refractivity contribution in [2.24, 2.45) is 5.92 Å². The number of rotatable bonds is 9. The molecule has 0 spiro atoms. The lowest BCUT2D eigenvalue weighted by Gasteiger charge is -2.35. The Morgan fingerprint density at radius 2 is 1.79 bits per heavy atom. The van der Waals surface area contributed by atoms with Crippen LogP contribution in [0, 0.1) is 5.92 Å². The van der Waals surface area contributed by atoms with Crippen molar-refractivity contribution in [1.29, 1.82) is 0 Å². The number of aromatic amines is 2. The average molecular weight is 564 g/mol. The van der Waals surface area contributed by atoms with E-state index in [2.05, 4.69) is 25.6 Å². The third kappa shape index (κ3) is 5.62. The topological polar surface area (TPSA) is 112 Å². The van der Waals surface area contributed by atoms with Crippen LogP contribution in [-0.2, 0) is 11.2 Å². The van der Waals surface area contributed by atoms with E-state index in [1.54, 1.807) is 13.3 Å². The Kier molecular flexibility index (Phi) is 7.69. The number of nitrogens with one attached hydrogen (secondary N) is 4. The number of carbonyl (C=O) groups excluding carboxylic acids is 2. The van der Waals surface area contributed by atoms with Crippen molar-refractivity contribution in [2.45, 2.75) is 57.0 Å². The van der Waals surface area contributed by atoms with E-state index in [0.717, 1.165) is 58.7 Å². The number of para-hydroxylation sites is 2. The van der Waals surface area contributed by atoms with Crippen LogP contribution in [0.2, 0.25) is 0 Å². The number of carbonyl (C=O) groups is 2. The highest BCUT2D eigenvalue weighted by Gasteiger charge is 2.39. The molecule has 5 aromatic rings. The van der Waals surface area contributed by atoms with E-state index in [1.807, 2.05) is 79.9 Å². The lowest BCUT2D eigenvalue weighted by atomic mass is 9.81. The first-order valence-corrected chi connectivity index (χ1v) is 14.7. The number of ether oxygens (including phenoxy) is 1. The number of hydrogen-bond donors (Lipinski definition) is 4. The van der Waals surface area contributed by atoms with Gasteiger partial charge in [-0.3, -0.25) is 14.6 Å². The van der Waals surface area contributed by atoms with Crippen LogP contribution in [0.15, 0.2) is 79.1 Å². The van der Waals surface area contributed by atoms with E-state index < -0.39 is 5.54 Å². The Morgan fingerprint density at radius 3 is 2.52 bits per heavy atom. The van der Waals surface area contributed by atoms with Crippen LogP contribution in [0.1, 0.15) is 66.8 Å². The first-order chi connectivity index (χ1) is 20.4. The van der Waals surface area contributed by atoms with Gasteiger partial charge in [-0.25, -0.2) is 0 Å². The molecule has 8 nitrogen and oxygen atoms in total. The van der Waals surface area contributed by atoms with Crippen molar-refractivity contribution < 1.29 is 14.3 Å². The summed E-state index contributed by atoms with van der Waals surface area (Å²) in [5.41, 5.74) is 2.77. The summed E-state index contributed by atoms with van der Waals surface area (Å²) in [4.78, 5) is 39.3. The molecule has 1 aliphatic rings.